The summed E-state index contributed by atoms with van der Waals surface area (Å²) in [6.07, 6.45) is 5.79. The molecule has 6 aromatic rings. The van der Waals surface area contributed by atoms with E-state index < -0.39 is 11.6 Å². The highest BCUT2D eigenvalue weighted by molar-refractivity contribution is 6.31. The minimum absolute atomic E-state index is 0.0532. The summed E-state index contributed by atoms with van der Waals surface area (Å²) in [7, 11) is 3.20. The standard InChI is InChI=1S/C23H25ClFN3O3.C22H23ClFN3O2/c1-15(19-14-26-22(31-3)18-8-5-4-7-17(18)19)28(11-6-12-30-2)23(29)27-16-9-10-21(25)20(24)13-16;1-3-4-11-27(22(29)26-15-9-10-20(24)19(23)12-15)14(2)18-13-25-21(28)17-8-6-5-7-16(17)18/h4-5,7-10,13-15H,6,11-12H2,1-3H3,(H,27,29);5-10,12-14H,3-4,11H2,1-2H3,(H,25,28)(H,26,29). The molecule has 11 nitrogen and oxygen atoms in total. The third-order valence-electron chi connectivity index (χ3n) is 10.0. The zero-order chi connectivity index (χ0) is 43.3. The van der Waals surface area contributed by atoms with Gasteiger partial charge in [-0.25, -0.2) is 23.4 Å². The molecule has 15 heteroatoms. The molecule has 0 aliphatic carbocycles. The number of methoxy groups -OCH3 is 2. The van der Waals surface area contributed by atoms with Gasteiger partial charge in [-0.1, -0.05) is 72.9 Å². The molecule has 0 saturated heterocycles. The number of rotatable bonds is 14. The van der Waals surface area contributed by atoms with Crippen LogP contribution in [0.3, 0.4) is 0 Å². The molecular weight excluding hydrogens is 813 g/mol. The van der Waals surface area contributed by atoms with Gasteiger partial charge in [0, 0.05) is 66.9 Å². The molecule has 0 aliphatic heterocycles. The van der Waals surface area contributed by atoms with E-state index in [-0.39, 0.29) is 39.8 Å². The molecule has 2 unspecified atom stereocenters. The Kier molecular flexibility index (Phi) is 16.2. The highest BCUT2D eigenvalue weighted by Crippen LogP contribution is 2.33. The van der Waals surface area contributed by atoms with Crippen LogP contribution in [0.2, 0.25) is 10.0 Å². The number of pyridine rings is 2. The van der Waals surface area contributed by atoms with Crippen LogP contribution in [0.5, 0.6) is 5.88 Å². The number of fused-ring (bicyclic) bond motifs is 2. The van der Waals surface area contributed by atoms with E-state index in [1.54, 1.807) is 42.5 Å². The number of urea groups is 2. The molecule has 2 heterocycles. The Labute approximate surface area is 357 Å². The van der Waals surface area contributed by atoms with E-state index in [1.807, 2.05) is 56.3 Å². The lowest BCUT2D eigenvalue weighted by atomic mass is 10.0. The molecule has 0 saturated carbocycles. The number of aromatic amines is 1. The fourth-order valence-electron chi connectivity index (χ4n) is 6.79. The summed E-state index contributed by atoms with van der Waals surface area (Å²) >= 11 is 11.7. The summed E-state index contributed by atoms with van der Waals surface area (Å²) < 4.78 is 37.4. The minimum Gasteiger partial charge on any atom is -0.481 e. The first-order valence-electron chi connectivity index (χ1n) is 19.4. The fraction of sp³-hybridized carbons (Fsp3) is 0.289. The van der Waals surface area contributed by atoms with Crippen LogP contribution in [-0.2, 0) is 4.74 Å². The van der Waals surface area contributed by atoms with Crippen molar-refractivity contribution in [3.8, 4) is 5.88 Å². The Morgan fingerprint density at radius 2 is 1.25 bits per heavy atom. The molecule has 4 aromatic carbocycles. The van der Waals surface area contributed by atoms with E-state index in [9.17, 15) is 23.2 Å². The third kappa shape index (κ3) is 11.1. The van der Waals surface area contributed by atoms with Crippen molar-refractivity contribution in [2.75, 3.05) is 44.5 Å². The molecule has 316 valence electrons. The maximum atomic E-state index is 13.5. The first-order chi connectivity index (χ1) is 28.9. The molecule has 0 bridgehead atoms. The van der Waals surface area contributed by atoms with Gasteiger partial charge in [0.1, 0.15) is 11.6 Å². The topological polar surface area (TPSA) is 129 Å². The quantitative estimate of drug-likeness (QED) is 0.0936. The molecule has 0 radical (unpaired) electrons. The van der Waals surface area contributed by atoms with Gasteiger partial charge in [-0.15, -0.1) is 0 Å². The van der Waals surface area contributed by atoms with Crippen LogP contribution in [0.15, 0.2) is 102 Å². The normalized spacial score (nSPS) is 11.9. The average molecular weight is 862 g/mol. The van der Waals surface area contributed by atoms with Gasteiger partial charge in [-0.3, -0.25) is 4.79 Å². The van der Waals surface area contributed by atoms with Crippen LogP contribution in [0.1, 0.15) is 63.2 Å². The number of nitrogens with one attached hydrogen (secondary N) is 3. The number of anilines is 2. The molecule has 0 fully saturated rings. The van der Waals surface area contributed by atoms with Crippen LogP contribution in [-0.4, -0.2) is 65.7 Å². The maximum Gasteiger partial charge on any atom is 0.322 e. The number of carbonyl (C=O) groups is 2. The number of aromatic nitrogens is 2. The van der Waals surface area contributed by atoms with Crippen molar-refractivity contribution in [2.24, 2.45) is 0 Å². The van der Waals surface area contributed by atoms with Crippen molar-refractivity contribution in [1.29, 1.82) is 0 Å². The molecule has 0 spiro atoms. The second kappa shape index (κ2) is 21.5. The van der Waals surface area contributed by atoms with Gasteiger partial charge in [0.05, 0.1) is 29.2 Å². The second-order valence-corrected chi connectivity index (χ2v) is 14.8. The number of carbonyl (C=O) groups excluding carboxylic acids is 2. The predicted molar refractivity (Wildman–Crippen MR) is 235 cm³/mol. The zero-order valence-electron chi connectivity index (χ0n) is 34.0. The maximum absolute atomic E-state index is 13.5. The molecule has 6 rings (SSSR count). The van der Waals surface area contributed by atoms with Crippen molar-refractivity contribution in [1.82, 2.24) is 19.8 Å². The summed E-state index contributed by atoms with van der Waals surface area (Å²) in [5.41, 5.74) is 2.41. The summed E-state index contributed by atoms with van der Waals surface area (Å²) in [6, 6.07) is 22.0. The van der Waals surface area contributed by atoms with Crippen molar-refractivity contribution < 1.29 is 27.8 Å². The van der Waals surface area contributed by atoms with E-state index in [0.29, 0.717) is 48.8 Å². The SMILES string of the molecule is CCCCN(C(=O)Nc1ccc(F)c(Cl)c1)C(C)c1c[nH]c(=O)c2ccccc12.COCCCN(C(=O)Nc1ccc(F)c(Cl)c1)C(C)c1cnc(OC)c2ccccc12. The summed E-state index contributed by atoms with van der Waals surface area (Å²) in [6.45, 7) is 7.42. The molecule has 2 aromatic heterocycles. The Hall–Kier alpha value is -5.76. The van der Waals surface area contributed by atoms with Crippen LogP contribution < -0.4 is 20.9 Å². The summed E-state index contributed by atoms with van der Waals surface area (Å²) in [5.74, 6) is -0.552. The largest absolute Gasteiger partial charge is 0.481 e. The average Bonchev–Trinajstić information content (AvgIpc) is 3.25. The van der Waals surface area contributed by atoms with E-state index in [0.717, 1.165) is 40.1 Å². The van der Waals surface area contributed by atoms with Gasteiger partial charge in [0.15, 0.2) is 0 Å². The van der Waals surface area contributed by atoms with Crippen molar-refractivity contribution in [2.45, 2.75) is 52.1 Å². The number of nitrogens with zero attached hydrogens (tertiary/aromatic N) is 3. The van der Waals surface area contributed by atoms with Crippen LogP contribution in [0, 0.1) is 11.6 Å². The lowest BCUT2D eigenvalue weighted by Crippen LogP contribution is -2.38. The van der Waals surface area contributed by atoms with Gasteiger partial charge >= 0.3 is 12.1 Å². The number of benzene rings is 4. The smallest absolute Gasteiger partial charge is 0.322 e. The minimum atomic E-state index is -0.541. The highest BCUT2D eigenvalue weighted by Gasteiger charge is 2.26. The first-order valence-corrected chi connectivity index (χ1v) is 20.2. The molecule has 0 aliphatic rings. The Morgan fingerprint density at radius 1 is 0.750 bits per heavy atom. The molecule has 4 amide bonds. The number of unbranched alkanes of at least 4 members (excludes halogenated alkanes) is 1. The van der Waals surface area contributed by atoms with Gasteiger partial charge < -0.3 is 34.9 Å². The number of halogens is 4. The number of ether oxygens (including phenoxy) is 2. The molecule has 60 heavy (non-hydrogen) atoms. The van der Waals surface area contributed by atoms with Crippen molar-refractivity contribution in [3.63, 3.8) is 0 Å². The van der Waals surface area contributed by atoms with E-state index in [2.05, 4.69) is 27.5 Å². The second-order valence-electron chi connectivity index (χ2n) is 13.9. The number of H-pyrrole nitrogens is 1. The molecular formula is C45H48Cl2F2N6O5. The van der Waals surface area contributed by atoms with Gasteiger partial charge in [-0.05, 0) is 91.6 Å². The summed E-state index contributed by atoms with van der Waals surface area (Å²) in [4.78, 5) is 48.9. The van der Waals surface area contributed by atoms with Crippen molar-refractivity contribution >= 4 is 68.2 Å². The Bertz CT molecular complexity index is 2490. The van der Waals surface area contributed by atoms with Crippen LogP contribution in [0.4, 0.5) is 29.7 Å². The predicted octanol–water partition coefficient (Wildman–Crippen LogP) is 11.4. The van der Waals surface area contributed by atoms with Crippen LogP contribution >= 0.6 is 23.2 Å². The monoisotopic (exact) mass is 860 g/mol. The number of amides is 4. The molecule has 2 atom stereocenters. The summed E-state index contributed by atoms with van der Waals surface area (Å²) in [5, 5.41) is 8.71. The Morgan fingerprint density at radius 3 is 1.77 bits per heavy atom. The van der Waals surface area contributed by atoms with Gasteiger partial charge in [0.25, 0.3) is 5.56 Å². The lowest BCUT2D eigenvalue weighted by Gasteiger charge is -2.30. The Balaban J connectivity index is 0.000000228. The number of hydrogen-bond acceptors (Lipinski definition) is 6. The van der Waals surface area contributed by atoms with E-state index in [1.165, 1.54) is 36.4 Å². The molecule has 3 N–H and O–H groups in total. The van der Waals surface area contributed by atoms with Crippen LogP contribution in [0.25, 0.3) is 21.5 Å². The van der Waals surface area contributed by atoms with Gasteiger partial charge in [-0.2, -0.15) is 0 Å². The van der Waals surface area contributed by atoms with Gasteiger partial charge in [0.2, 0.25) is 5.88 Å². The fourth-order valence-corrected chi connectivity index (χ4v) is 7.15. The van der Waals surface area contributed by atoms with Crippen molar-refractivity contribution in [3.05, 3.63) is 140 Å². The lowest BCUT2D eigenvalue weighted by molar-refractivity contribution is 0.161. The zero-order valence-corrected chi connectivity index (χ0v) is 35.5. The third-order valence-corrected chi connectivity index (χ3v) is 10.6. The van der Waals surface area contributed by atoms with E-state index in [4.69, 9.17) is 32.7 Å². The number of hydrogen-bond donors (Lipinski definition) is 3. The first kappa shape index (κ1) is 45.3. The van der Waals surface area contributed by atoms with E-state index >= 15 is 0 Å². The highest BCUT2D eigenvalue weighted by atomic mass is 35.5.